The summed E-state index contributed by atoms with van der Waals surface area (Å²) in [5.41, 5.74) is 0.849. The first-order chi connectivity index (χ1) is 7.89. The quantitative estimate of drug-likeness (QED) is 0.797. The van der Waals surface area contributed by atoms with Crippen molar-refractivity contribution in [1.82, 2.24) is 14.8 Å². The summed E-state index contributed by atoms with van der Waals surface area (Å²) >= 11 is 9.56. The summed E-state index contributed by atoms with van der Waals surface area (Å²) in [6.45, 7) is 6.26. The highest BCUT2D eigenvalue weighted by molar-refractivity contribution is 9.10. The van der Waals surface area contributed by atoms with Crippen molar-refractivity contribution in [3.8, 4) is 5.69 Å². The predicted molar refractivity (Wildman–Crippen MR) is 72.8 cm³/mol. The van der Waals surface area contributed by atoms with Crippen molar-refractivity contribution in [3.63, 3.8) is 0 Å². The third-order valence-electron chi connectivity index (χ3n) is 2.36. The van der Waals surface area contributed by atoms with Gasteiger partial charge in [0.1, 0.15) is 5.82 Å². The van der Waals surface area contributed by atoms with E-state index in [1.807, 2.05) is 28.8 Å². The summed E-state index contributed by atoms with van der Waals surface area (Å²) in [5, 5.41) is 8.49. The molecule has 0 fully saturated rings. The highest BCUT2D eigenvalue weighted by Gasteiger charge is 2.24. The van der Waals surface area contributed by atoms with Crippen LogP contribution in [-0.4, -0.2) is 14.8 Å². The molecule has 0 unspecified atom stereocenters. The minimum atomic E-state index is -0.109. The zero-order valence-electron chi connectivity index (χ0n) is 9.91. The van der Waals surface area contributed by atoms with Gasteiger partial charge in [0.05, 0.1) is 5.69 Å². The number of halogens is 2. The zero-order valence-corrected chi connectivity index (χ0v) is 12.2. The highest BCUT2D eigenvalue weighted by atomic mass is 79.9. The van der Waals surface area contributed by atoms with E-state index in [0.717, 1.165) is 16.0 Å². The molecule has 2 rings (SSSR count). The largest absolute Gasteiger partial charge is 0.269 e. The minimum absolute atomic E-state index is 0.109. The maximum Gasteiger partial charge on any atom is 0.229 e. The van der Waals surface area contributed by atoms with Gasteiger partial charge in [0, 0.05) is 9.89 Å². The molecule has 0 N–H and O–H groups in total. The van der Waals surface area contributed by atoms with Gasteiger partial charge < -0.3 is 0 Å². The maximum atomic E-state index is 6.11. The summed E-state index contributed by atoms with van der Waals surface area (Å²) in [6.07, 6.45) is 0. The molecule has 90 valence electrons. The molecule has 0 aliphatic heterocycles. The Morgan fingerprint density at radius 3 is 2.53 bits per heavy atom. The van der Waals surface area contributed by atoms with Gasteiger partial charge in [-0.25, -0.2) is 0 Å². The first kappa shape index (κ1) is 12.6. The topological polar surface area (TPSA) is 30.7 Å². The van der Waals surface area contributed by atoms with E-state index in [2.05, 4.69) is 46.9 Å². The van der Waals surface area contributed by atoms with Gasteiger partial charge >= 0.3 is 0 Å². The summed E-state index contributed by atoms with van der Waals surface area (Å²) in [4.78, 5) is 0. The van der Waals surface area contributed by atoms with Gasteiger partial charge in [-0.05, 0) is 29.8 Å². The average Bonchev–Trinajstić information content (AvgIpc) is 2.59. The molecule has 0 amide bonds. The maximum absolute atomic E-state index is 6.11. The number of hydrogen-bond acceptors (Lipinski definition) is 2. The highest BCUT2D eigenvalue weighted by Crippen LogP contribution is 2.27. The Bertz CT molecular complexity index is 543. The SMILES string of the molecule is CC(C)(C)c1nnc(Cl)n1-c1cccc(Br)c1. The van der Waals surface area contributed by atoms with Crippen molar-refractivity contribution in [1.29, 1.82) is 0 Å². The number of nitrogens with zero attached hydrogens (tertiary/aromatic N) is 3. The Balaban J connectivity index is 2.63. The van der Waals surface area contributed by atoms with E-state index in [9.17, 15) is 0 Å². The van der Waals surface area contributed by atoms with Crippen LogP contribution in [0.2, 0.25) is 5.28 Å². The van der Waals surface area contributed by atoms with Gasteiger partial charge in [0.15, 0.2) is 0 Å². The fourth-order valence-electron chi connectivity index (χ4n) is 1.59. The molecule has 1 aromatic heterocycles. The lowest BCUT2D eigenvalue weighted by Gasteiger charge is -2.19. The van der Waals surface area contributed by atoms with Crippen LogP contribution in [0, 0.1) is 0 Å². The van der Waals surface area contributed by atoms with Crippen LogP contribution in [0.5, 0.6) is 0 Å². The van der Waals surface area contributed by atoms with Crippen LogP contribution in [0.1, 0.15) is 26.6 Å². The number of benzene rings is 1. The van der Waals surface area contributed by atoms with Crippen LogP contribution in [0.4, 0.5) is 0 Å². The monoisotopic (exact) mass is 313 g/mol. The van der Waals surface area contributed by atoms with Crippen molar-refractivity contribution in [2.24, 2.45) is 0 Å². The molecule has 1 aromatic carbocycles. The van der Waals surface area contributed by atoms with Crippen molar-refractivity contribution < 1.29 is 0 Å². The molecule has 3 nitrogen and oxygen atoms in total. The van der Waals surface area contributed by atoms with E-state index in [4.69, 9.17) is 11.6 Å². The summed E-state index contributed by atoms with van der Waals surface area (Å²) in [7, 11) is 0. The Morgan fingerprint density at radius 2 is 1.94 bits per heavy atom. The van der Waals surface area contributed by atoms with Gasteiger partial charge in [-0.1, -0.05) is 42.8 Å². The molecule has 2 aromatic rings. The molecule has 0 atom stereocenters. The second-order valence-electron chi connectivity index (χ2n) is 4.86. The second kappa shape index (κ2) is 4.42. The lowest BCUT2D eigenvalue weighted by molar-refractivity contribution is 0.533. The Labute approximate surface area is 114 Å². The third kappa shape index (κ3) is 2.53. The van der Waals surface area contributed by atoms with Gasteiger partial charge in [0.2, 0.25) is 5.28 Å². The summed E-state index contributed by atoms with van der Waals surface area (Å²) < 4.78 is 2.87. The molecule has 0 aliphatic rings. The van der Waals surface area contributed by atoms with Crippen molar-refractivity contribution in [2.75, 3.05) is 0 Å². The van der Waals surface area contributed by atoms with Crippen LogP contribution in [-0.2, 0) is 5.41 Å². The van der Waals surface area contributed by atoms with Crippen molar-refractivity contribution in [3.05, 3.63) is 39.8 Å². The molecule has 0 saturated heterocycles. The van der Waals surface area contributed by atoms with E-state index in [1.165, 1.54) is 0 Å². The Kier molecular flexibility index (Phi) is 3.27. The van der Waals surface area contributed by atoms with E-state index >= 15 is 0 Å². The van der Waals surface area contributed by atoms with E-state index in [1.54, 1.807) is 0 Å². The lowest BCUT2D eigenvalue weighted by atomic mass is 9.95. The standard InChI is InChI=1S/C12H13BrClN3/c1-12(2,3)10-15-16-11(14)17(10)9-6-4-5-8(13)7-9/h4-7H,1-3H3. The van der Waals surface area contributed by atoms with Gasteiger partial charge in [-0.2, -0.15) is 0 Å². The molecular formula is C12H13BrClN3. The molecule has 17 heavy (non-hydrogen) atoms. The first-order valence-electron chi connectivity index (χ1n) is 5.27. The second-order valence-corrected chi connectivity index (χ2v) is 6.11. The van der Waals surface area contributed by atoms with Crippen LogP contribution in [0.3, 0.4) is 0 Å². The normalized spacial score (nSPS) is 11.8. The molecule has 1 heterocycles. The number of rotatable bonds is 1. The van der Waals surface area contributed by atoms with E-state index in [0.29, 0.717) is 5.28 Å². The fourth-order valence-corrected chi connectivity index (χ4v) is 2.20. The van der Waals surface area contributed by atoms with Crippen LogP contribution in [0.15, 0.2) is 28.7 Å². The average molecular weight is 315 g/mol. The van der Waals surface area contributed by atoms with E-state index < -0.39 is 0 Å². The Morgan fingerprint density at radius 1 is 1.24 bits per heavy atom. The van der Waals surface area contributed by atoms with Gasteiger partial charge in [0.25, 0.3) is 0 Å². The number of hydrogen-bond donors (Lipinski definition) is 0. The molecular weight excluding hydrogens is 302 g/mol. The molecule has 5 heteroatoms. The van der Waals surface area contributed by atoms with Crippen molar-refractivity contribution >= 4 is 27.5 Å². The molecule has 0 aliphatic carbocycles. The fraction of sp³-hybridized carbons (Fsp3) is 0.333. The molecule has 0 spiro atoms. The van der Waals surface area contributed by atoms with Crippen LogP contribution in [0.25, 0.3) is 5.69 Å². The van der Waals surface area contributed by atoms with Crippen LogP contribution >= 0.6 is 27.5 Å². The Hall–Kier alpha value is -0.870. The smallest absolute Gasteiger partial charge is 0.229 e. The van der Waals surface area contributed by atoms with Crippen molar-refractivity contribution in [2.45, 2.75) is 26.2 Å². The van der Waals surface area contributed by atoms with E-state index in [-0.39, 0.29) is 5.41 Å². The number of aromatic nitrogens is 3. The summed E-state index contributed by atoms with van der Waals surface area (Å²) in [5.74, 6) is 0.848. The lowest BCUT2D eigenvalue weighted by Crippen LogP contribution is -2.18. The van der Waals surface area contributed by atoms with Gasteiger partial charge in [-0.15, -0.1) is 10.2 Å². The zero-order chi connectivity index (χ0) is 12.6. The molecule has 0 saturated carbocycles. The van der Waals surface area contributed by atoms with Gasteiger partial charge in [-0.3, -0.25) is 4.57 Å². The third-order valence-corrected chi connectivity index (χ3v) is 3.10. The molecule has 0 bridgehead atoms. The molecule has 0 radical (unpaired) electrons. The minimum Gasteiger partial charge on any atom is -0.269 e. The van der Waals surface area contributed by atoms with Crippen LogP contribution < -0.4 is 0 Å². The predicted octanol–water partition coefficient (Wildman–Crippen LogP) is 3.98. The first-order valence-corrected chi connectivity index (χ1v) is 6.44. The summed E-state index contributed by atoms with van der Waals surface area (Å²) in [6, 6.07) is 7.90.